The number of amides is 1. The van der Waals surface area contributed by atoms with Crippen molar-refractivity contribution in [3.05, 3.63) is 29.8 Å². The molecule has 80 valence electrons. The first-order valence-corrected chi connectivity index (χ1v) is 5.35. The van der Waals surface area contributed by atoms with E-state index >= 15 is 0 Å². The maximum absolute atomic E-state index is 11.7. The number of carbonyl (C=O) groups excluding carboxylic acids is 1. The first kappa shape index (κ1) is 9.54. The highest BCUT2D eigenvalue weighted by molar-refractivity contribution is 6.34. The Labute approximate surface area is 96.6 Å². The summed E-state index contributed by atoms with van der Waals surface area (Å²) in [6.45, 7) is 0. The highest BCUT2D eigenvalue weighted by Gasteiger charge is 2.38. The van der Waals surface area contributed by atoms with Gasteiger partial charge in [-0.1, -0.05) is 12.1 Å². The van der Waals surface area contributed by atoms with Crippen molar-refractivity contribution in [1.82, 2.24) is 0 Å². The predicted molar refractivity (Wildman–Crippen MR) is 60.6 cm³/mol. The molecule has 0 saturated heterocycles. The van der Waals surface area contributed by atoms with Crippen LogP contribution in [0.2, 0.25) is 0 Å². The Morgan fingerprint density at radius 1 is 1.31 bits per heavy atom. The molecule has 0 radical (unpaired) electrons. The molecule has 1 aromatic carbocycles. The van der Waals surface area contributed by atoms with Crippen LogP contribution in [0, 0.1) is 0 Å². The number of para-hydroxylation sites is 1. The summed E-state index contributed by atoms with van der Waals surface area (Å²) in [5.41, 5.74) is 1.46. The lowest BCUT2D eigenvalue weighted by Gasteiger charge is -2.12. The monoisotopic (exact) mass is 234 g/mol. The molecule has 0 aliphatic carbocycles. The molecule has 3 rings (SSSR count). The van der Waals surface area contributed by atoms with Crippen molar-refractivity contribution in [2.24, 2.45) is 9.98 Å². The number of carbonyl (C=O) groups is 1. The summed E-state index contributed by atoms with van der Waals surface area (Å²) in [5, 5.41) is 0. The number of aliphatic imine (C=N–C) groups is 2. The van der Waals surface area contributed by atoms with Crippen molar-refractivity contribution in [3.63, 3.8) is 0 Å². The Morgan fingerprint density at radius 3 is 2.94 bits per heavy atom. The summed E-state index contributed by atoms with van der Waals surface area (Å²) in [6.07, 6.45) is -0.690. The largest absolute Gasteiger partial charge is 0.473 e. The van der Waals surface area contributed by atoms with Gasteiger partial charge in [0.2, 0.25) is 6.10 Å². The van der Waals surface area contributed by atoms with E-state index in [1.54, 1.807) is 0 Å². The summed E-state index contributed by atoms with van der Waals surface area (Å²) in [7, 11) is 0. The number of hydrogen-bond acceptors (Lipinski definition) is 3. The molecule has 0 saturated carbocycles. The highest BCUT2D eigenvalue weighted by Crippen LogP contribution is 2.30. The van der Waals surface area contributed by atoms with Gasteiger partial charge in [-0.3, -0.25) is 4.79 Å². The second-order valence-corrected chi connectivity index (χ2v) is 3.76. The third-order valence-electron chi connectivity index (χ3n) is 2.49. The molecule has 1 atom stereocenters. The van der Waals surface area contributed by atoms with Crippen LogP contribution in [-0.4, -0.2) is 29.4 Å². The first-order chi connectivity index (χ1) is 7.79. The van der Waals surface area contributed by atoms with Gasteiger partial charge in [-0.05, 0) is 12.1 Å². The Hall–Kier alpha value is -1.68. The number of amidine groups is 1. The SMILES string of the molecule is O=C1N=C(CCl)N=C2c3ccccc3OC12. The molecule has 0 spiro atoms. The second kappa shape index (κ2) is 3.42. The van der Waals surface area contributed by atoms with Crippen LogP contribution in [0.25, 0.3) is 0 Å². The van der Waals surface area contributed by atoms with Crippen LogP contribution in [0.1, 0.15) is 5.56 Å². The van der Waals surface area contributed by atoms with E-state index in [-0.39, 0.29) is 11.8 Å². The normalized spacial score (nSPS) is 21.8. The molecule has 2 heterocycles. The fourth-order valence-corrected chi connectivity index (χ4v) is 1.92. The van der Waals surface area contributed by atoms with Gasteiger partial charge in [0.15, 0.2) is 0 Å². The maximum atomic E-state index is 11.7. The van der Waals surface area contributed by atoms with Crippen molar-refractivity contribution >= 4 is 29.1 Å². The number of ether oxygens (including phenoxy) is 1. The first-order valence-electron chi connectivity index (χ1n) is 4.81. The fraction of sp³-hybridized carbons (Fsp3) is 0.182. The van der Waals surface area contributed by atoms with Gasteiger partial charge in [-0.15, -0.1) is 11.6 Å². The molecular weight excluding hydrogens is 228 g/mol. The van der Waals surface area contributed by atoms with Gasteiger partial charge in [0, 0.05) is 5.56 Å². The Morgan fingerprint density at radius 2 is 2.12 bits per heavy atom. The Bertz CT molecular complexity index is 537. The van der Waals surface area contributed by atoms with Crippen LogP contribution >= 0.6 is 11.6 Å². The second-order valence-electron chi connectivity index (χ2n) is 3.49. The quantitative estimate of drug-likeness (QED) is 0.690. The van der Waals surface area contributed by atoms with Gasteiger partial charge in [-0.2, -0.15) is 4.99 Å². The van der Waals surface area contributed by atoms with Crippen molar-refractivity contribution in [1.29, 1.82) is 0 Å². The molecule has 0 aromatic heterocycles. The van der Waals surface area contributed by atoms with E-state index in [0.717, 1.165) is 5.56 Å². The van der Waals surface area contributed by atoms with Crippen molar-refractivity contribution in [3.8, 4) is 5.75 Å². The van der Waals surface area contributed by atoms with E-state index < -0.39 is 6.10 Å². The number of hydrogen-bond donors (Lipinski definition) is 0. The standard InChI is InChI=1S/C11H7ClN2O2/c12-5-8-13-9-6-3-1-2-4-7(6)16-10(9)11(15)14-8/h1-4,10H,5H2. The van der Waals surface area contributed by atoms with Crippen LogP contribution in [0.15, 0.2) is 34.3 Å². The minimum atomic E-state index is -0.690. The van der Waals surface area contributed by atoms with Gasteiger partial charge < -0.3 is 4.74 Å². The number of alkyl halides is 1. The Kier molecular flexibility index (Phi) is 2.04. The summed E-state index contributed by atoms with van der Waals surface area (Å²) in [5.74, 6) is 0.810. The van der Waals surface area contributed by atoms with Crippen LogP contribution in [0.4, 0.5) is 0 Å². The molecule has 4 nitrogen and oxygen atoms in total. The molecule has 1 aromatic rings. The zero-order chi connectivity index (χ0) is 11.1. The van der Waals surface area contributed by atoms with Crippen LogP contribution in [-0.2, 0) is 4.79 Å². The van der Waals surface area contributed by atoms with Crippen molar-refractivity contribution < 1.29 is 9.53 Å². The highest BCUT2D eigenvalue weighted by atomic mass is 35.5. The number of nitrogens with zero attached hydrogens (tertiary/aromatic N) is 2. The van der Waals surface area contributed by atoms with Gasteiger partial charge in [0.1, 0.15) is 17.3 Å². The maximum Gasteiger partial charge on any atom is 0.294 e. The van der Waals surface area contributed by atoms with Crippen LogP contribution in [0.5, 0.6) is 5.75 Å². The molecule has 1 unspecified atom stereocenters. The van der Waals surface area contributed by atoms with E-state index in [9.17, 15) is 4.79 Å². The van der Waals surface area contributed by atoms with Gasteiger partial charge in [0.25, 0.3) is 5.91 Å². The van der Waals surface area contributed by atoms with E-state index in [1.165, 1.54) is 0 Å². The smallest absolute Gasteiger partial charge is 0.294 e. The molecule has 0 N–H and O–H groups in total. The fourth-order valence-electron chi connectivity index (χ4n) is 1.80. The van der Waals surface area contributed by atoms with Crippen molar-refractivity contribution in [2.75, 3.05) is 5.88 Å². The zero-order valence-corrected chi connectivity index (χ0v) is 8.94. The lowest BCUT2D eigenvalue weighted by Crippen LogP contribution is -2.34. The molecular formula is C11H7ClN2O2. The molecule has 0 fully saturated rings. The molecule has 1 amide bonds. The zero-order valence-electron chi connectivity index (χ0n) is 8.18. The Balaban J connectivity index is 2.14. The molecule has 16 heavy (non-hydrogen) atoms. The van der Waals surface area contributed by atoms with Crippen LogP contribution < -0.4 is 4.74 Å². The van der Waals surface area contributed by atoms with E-state index in [2.05, 4.69) is 9.98 Å². The average Bonchev–Trinajstić information content (AvgIpc) is 2.68. The summed E-state index contributed by atoms with van der Waals surface area (Å²) in [6, 6.07) is 7.41. The molecule has 2 aliphatic heterocycles. The lowest BCUT2D eigenvalue weighted by molar-refractivity contribution is -0.121. The minimum Gasteiger partial charge on any atom is -0.473 e. The van der Waals surface area contributed by atoms with Crippen molar-refractivity contribution in [2.45, 2.75) is 6.10 Å². The lowest BCUT2D eigenvalue weighted by atomic mass is 10.1. The summed E-state index contributed by atoms with van der Waals surface area (Å²) in [4.78, 5) is 19.7. The van der Waals surface area contributed by atoms with Gasteiger partial charge >= 0.3 is 0 Å². The topological polar surface area (TPSA) is 51.0 Å². The third-order valence-corrected chi connectivity index (χ3v) is 2.73. The number of halogens is 1. The molecule has 0 bridgehead atoms. The third kappa shape index (κ3) is 1.27. The molecule has 5 heteroatoms. The van der Waals surface area contributed by atoms with Gasteiger partial charge in [-0.25, -0.2) is 4.99 Å². The molecule has 2 aliphatic rings. The minimum absolute atomic E-state index is 0.129. The number of benzene rings is 1. The van der Waals surface area contributed by atoms with Gasteiger partial charge in [0.05, 0.1) is 5.88 Å². The number of fused-ring (bicyclic) bond motifs is 3. The number of rotatable bonds is 1. The van der Waals surface area contributed by atoms with E-state index in [4.69, 9.17) is 16.3 Å². The summed E-state index contributed by atoms with van der Waals surface area (Å²) < 4.78 is 5.49. The van der Waals surface area contributed by atoms with E-state index in [0.29, 0.717) is 17.3 Å². The van der Waals surface area contributed by atoms with E-state index in [1.807, 2.05) is 24.3 Å². The average molecular weight is 235 g/mol. The van der Waals surface area contributed by atoms with Crippen LogP contribution in [0.3, 0.4) is 0 Å². The predicted octanol–water partition coefficient (Wildman–Crippen LogP) is 1.41. The summed E-state index contributed by atoms with van der Waals surface area (Å²) >= 11 is 5.63.